The number of aromatic amines is 1. The molecule has 1 aromatic heterocycles. The first-order valence-corrected chi connectivity index (χ1v) is 9.21. The van der Waals surface area contributed by atoms with Crippen LogP contribution in [0, 0.1) is 0 Å². The van der Waals surface area contributed by atoms with Gasteiger partial charge in [-0.1, -0.05) is 54.6 Å². The van der Waals surface area contributed by atoms with Gasteiger partial charge in [-0.2, -0.15) is 10.2 Å². The van der Waals surface area contributed by atoms with Gasteiger partial charge in [0.1, 0.15) is 5.69 Å². The maximum atomic E-state index is 12.4. The first kappa shape index (κ1) is 19.1. The molecule has 1 amide bonds. The van der Waals surface area contributed by atoms with Crippen LogP contribution < -0.4 is 5.43 Å². The number of fused-ring (bicyclic) bond motifs is 1. The van der Waals surface area contributed by atoms with Gasteiger partial charge >= 0.3 is 5.97 Å². The van der Waals surface area contributed by atoms with Crippen molar-refractivity contribution in [1.29, 1.82) is 0 Å². The van der Waals surface area contributed by atoms with Crippen LogP contribution in [-0.2, 0) is 4.74 Å². The zero-order chi connectivity index (χ0) is 20.9. The number of nitrogens with zero attached hydrogens (tertiary/aromatic N) is 2. The molecular formula is C23H18N4O3. The van der Waals surface area contributed by atoms with Crippen LogP contribution in [0.2, 0.25) is 0 Å². The Hall–Kier alpha value is -4.26. The van der Waals surface area contributed by atoms with E-state index >= 15 is 0 Å². The summed E-state index contributed by atoms with van der Waals surface area (Å²) in [6.07, 6.45) is 1.49. The zero-order valence-corrected chi connectivity index (χ0v) is 16.1. The number of carbonyl (C=O) groups excluding carboxylic acids is 2. The second kappa shape index (κ2) is 8.40. The van der Waals surface area contributed by atoms with Gasteiger partial charge in [-0.05, 0) is 34.5 Å². The summed E-state index contributed by atoms with van der Waals surface area (Å²) in [6.45, 7) is 0. The summed E-state index contributed by atoms with van der Waals surface area (Å²) in [5.41, 5.74) is 5.56. The van der Waals surface area contributed by atoms with Crippen molar-refractivity contribution in [2.24, 2.45) is 5.10 Å². The standard InChI is InChI=1S/C23H18N4O3/c1-30-23(29)17-11-9-15(10-12-17)14-24-27-22(28)21-13-20(25-26-21)19-8-4-6-16-5-2-3-7-18(16)19/h2-14H,1H3,(H,25,26)(H,27,28)/b24-14-. The first-order chi connectivity index (χ1) is 14.7. The molecule has 0 aliphatic rings. The molecule has 148 valence electrons. The molecule has 4 aromatic rings. The van der Waals surface area contributed by atoms with E-state index < -0.39 is 11.9 Å². The second-order valence-corrected chi connectivity index (χ2v) is 6.51. The smallest absolute Gasteiger partial charge is 0.337 e. The van der Waals surface area contributed by atoms with Gasteiger partial charge in [-0.3, -0.25) is 9.89 Å². The van der Waals surface area contributed by atoms with E-state index in [1.807, 2.05) is 42.5 Å². The predicted octanol–water partition coefficient (Wildman–Crippen LogP) is 3.78. The zero-order valence-electron chi connectivity index (χ0n) is 16.1. The van der Waals surface area contributed by atoms with E-state index in [1.54, 1.807) is 30.3 Å². The maximum absolute atomic E-state index is 12.4. The number of benzene rings is 3. The number of hydrogen-bond donors (Lipinski definition) is 2. The average Bonchev–Trinajstić information content (AvgIpc) is 3.29. The molecule has 7 heteroatoms. The quantitative estimate of drug-likeness (QED) is 0.304. The van der Waals surface area contributed by atoms with Gasteiger partial charge in [0.2, 0.25) is 0 Å². The molecular weight excluding hydrogens is 380 g/mol. The van der Waals surface area contributed by atoms with Crippen molar-refractivity contribution in [1.82, 2.24) is 15.6 Å². The highest BCUT2D eigenvalue weighted by Gasteiger charge is 2.12. The summed E-state index contributed by atoms with van der Waals surface area (Å²) in [7, 11) is 1.33. The van der Waals surface area contributed by atoms with Crippen molar-refractivity contribution in [3.8, 4) is 11.3 Å². The van der Waals surface area contributed by atoms with Crippen molar-refractivity contribution in [3.63, 3.8) is 0 Å². The van der Waals surface area contributed by atoms with Crippen molar-refractivity contribution in [2.75, 3.05) is 7.11 Å². The molecule has 0 bridgehead atoms. The lowest BCUT2D eigenvalue weighted by atomic mass is 10.0. The number of amides is 1. The molecule has 0 atom stereocenters. The highest BCUT2D eigenvalue weighted by molar-refractivity contribution is 5.98. The Kier molecular flexibility index (Phi) is 5.34. The third-order valence-corrected chi connectivity index (χ3v) is 4.60. The summed E-state index contributed by atoms with van der Waals surface area (Å²) < 4.78 is 4.66. The lowest BCUT2D eigenvalue weighted by Gasteiger charge is -2.02. The topological polar surface area (TPSA) is 96.4 Å². The molecule has 7 nitrogen and oxygen atoms in total. The summed E-state index contributed by atoms with van der Waals surface area (Å²) >= 11 is 0. The molecule has 0 unspecified atom stereocenters. The van der Waals surface area contributed by atoms with Gasteiger partial charge in [0, 0.05) is 5.56 Å². The minimum absolute atomic E-state index is 0.302. The van der Waals surface area contributed by atoms with Crippen LogP contribution >= 0.6 is 0 Å². The molecule has 0 fully saturated rings. The number of nitrogens with one attached hydrogen (secondary N) is 2. The van der Waals surface area contributed by atoms with Crippen molar-refractivity contribution in [2.45, 2.75) is 0 Å². The van der Waals surface area contributed by atoms with Crippen molar-refractivity contribution >= 4 is 28.9 Å². The molecule has 3 aromatic carbocycles. The van der Waals surface area contributed by atoms with Gasteiger partial charge in [-0.25, -0.2) is 10.2 Å². The van der Waals surface area contributed by atoms with Gasteiger partial charge in [-0.15, -0.1) is 0 Å². The summed E-state index contributed by atoms with van der Waals surface area (Å²) in [5.74, 6) is -0.815. The number of carbonyl (C=O) groups is 2. The van der Waals surface area contributed by atoms with Crippen LogP contribution in [0.25, 0.3) is 22.0 Å². The molecule has 0 saturated heterocycles. The Balaban J connectivity index is 1.45. The number of esters is 1. The minimum atomic E-state index is -0.409. The number of methoxy groups -OCH3 is 1. The Bertz CT molecular complexity index is 1240. The van der Waals surface area contributed by atoms with Crippen LogP contribution in [0.1, 0.15) is 26.4 Å². The normalized spacial score (nSPS) is 11.0. The minimum Gasteiger partial charge on any atom is -0.465 e. The van der Waals surface area contributed by atoms with Crippen molar-refractivity contribution in [3.05, 3.63) is 89.6 Å². The maximum Gasteiger partial charge on any atom is 0.337 e. The van der Waals surface area contributed by atoms with Crippen LogP contribution in [0.5, 0.6) is 0 Å². The fraction of sp³-hybridized carbons (Fsp3) is 0.0435. The van der Waals surface area contributed by atoms with Crippen LogP contribution in [0.3, 0.4) is 0 Å². The highest BCUT2D eigenvalue weighted by atomic mass is 16.5. The van der Waals surface area contributed by atoms with E-state index in [4.69, 9.17) is 0 Å². The fourth-order valence-electron chi connectivity index (χ4n) is 3.07. The molecule has 0 saturated carbocycles. The number of rotatable bonds is 5. The van der Waals surface area contributed by atoms with E-state index in [0.717, 1.165) is 21.9 Å². The third-order valence-electron chi connectivity index (χ3n) is 4.60. The van der Waals surface area contributed by atoms with Crippen LogP contribution in [0.15, 0.2) is 77.9 Å². The lowest BCUT2D eigenvalue weighted by Crippen LogP contribution is -2.18. The van der Waals surface area contributed by atoms with E-state index in [2.05, 4.69) is 25.5 Å². The monoisotopic (exact) mass is 398 g/mol. The van der Waals surface area contributed by atoms with E-state index in [0.29, 0.717) is 17.0 Å². The van der Waals surface area contributed by atoms with E-state index in [1.165, 1.54) is 13.3 Å². The molecule has 2 N–H and O–H groups in total. The van der Waals surface area contributed by atoms with Gasteiger partial charge < -0.3 is 4.74 Å². The summed E-state index contributed by atoms with van der Waals surface area (Å²) in [4.78, 5) is 23.8. The van der Waals surface area contributed by atoms with E-state index in [-0.39, 0.29) is 0 Å². The Labute approximate surface area is 172 Å². The van der Waals surface area contributed by atoms with Crippen LogP contribution in [0.4, 0.5) is 0 Å². The number of hydrogen-bond acceptors (Lipinski definition) is 5. The average molecular weight is 398 g/mol. The van der Waals surface area contributed by atoms with E-state index in [9.17, 15) is 9.59 Å². The largest absolute Gasteiger partial charge is 0.465 e. The molecule has 0 spiro atoms. The summed E-state index contributed by atoms with van der Waals surface area (Å²) in [6, 6.07) is 22.3. The molecule has 4 rings (SSSR count). The Morgan fingerprint density at radius 3 is 2.60 bits per heavy atom. The van der Waals surface area contributed by atoms with Crippen molar-refractivity contribution < 1.29 is 14.3 Å². The van der Waals surface area contributed by atoms with Gasteiger partial charge in [0.25, 0.3) is 5.91 Å². The highest BCUT2D eigenvalue weighted by Crippen LogP contribution is 2.27. The number of aromatic nitrogens is 2. The first-order valence-electron chi connectivity index (χ1n) is 9.21. The van der Waals surface area contributed by atoms with Gasteiger partial charge in [0.15, 0.2) is 0 Å². The summed E-state index contributed by atoms with van der Waals surface area (Å²) in [5, 5.41) is 13.2. The molecule has 0 aliphatic carbocycles. The molecule has 0 aliphatic heterocycles. The number of ether oxygens (including phenoxy) is 1. The number of hydrazone groups is 1. The molecule has 1 heterocycles. The Morgan fingerprint density at radius 2 is 1.80 bits per heavy atom. The lowest BCUT2D eigenvalue weighted by molar-refractivity contribution is 0.0600. The predicted molar refractivity (Wildman–Crippen MR) is 114 cm³/mol. The fourth-order valence-corrected chi connectivity index (χ4v) is 3.07. The second-order valence-electron chi connectivity index (χ2n) is 6.51. The third kappa shape index (κ3) is 3.95. The Morgan fingerprint density at radius 1 is 1.03 bits per heavy atom. The SMILES string of the molecule is COC(=O)c1ccc(/C=N\NC(=O)c2cc(-c3cccc4ccccc34)n[nH]2)cc1. The van der Waals surface area contributed by atoms with Gasteiger partial charge in [0.05, 0.1) is 24.6 Å². The van der Waals surface area contributed by atoms with Crippen LogP contribution in [-0.4, -0.2) is 35.4 Å². The molecule has 30 heavy (non-hydrogen) atoms. The number of H-pyrrole nitrogens is 1. The molecule has 0 radical (unpaired) electrons.